The Bertz CT molecular complexity index is 579. The minimum atomic E-state index is -3.31. The van der Waals surface area contributed by atoms with Crippen LogP contribution in [-0.4, -0.2) is 42.3 Å². The van der Waals surface area contributed by atoms with E-state index in [1.807, 2.05) is 12.1 Å². The average molecular weight is 331 g/mol. The van der Waals surface area contributed by atoms with Crippen molar-refractivity contribution in [2.24, 2.45) is 5.73 Å². The molecule has 1 fully saturated rings. The summed E-state index contributed by atoms with van der Waals surface area (Å²) in [7, 11) is -3.31. The normalized spacial score (nSPS) is 17.6. The van der Waals surface area contributed by atoms with Crippen LogP contribution in [0.1, 0.15) is 17.5 Å². The van der Waals surface area contributed by atoms with Gasteiger partial charge in [0.15, 0.2) is 0 Å². The van der Waals surface area contributed by atoms with Gasteiger partial charge in [0, 0.05) is 24.4 Å². The fourth-order valence-electron chi connectivity index (χ4n) is 2.18. The van der Waals surface area contributed by atoms with Crippen molar-refractivity contribution in [3.05, 3.63) is 35.4 Å². The minimum Gasteiger partial charge on any atom is -0.389 e. The van der Waals surface area contributed by atoms with Gasteiger partial charge in [-0.2, -0.15) is 11.8 Å². The number of hydrogen-bond donors (Lipinski definition) is 1. The van der Waals surface area contributed by atoms with Crippen LogP contribution in [0.25, 0.3) is 0 Å². The zero-order chi connectivity index (χ0) is 14.6. The van der Waals surface area contributed by atoms with Crippen molar-refractivity contribution in [3.8, 4) is 0 Å². The molecule has 4 nitrogen and oxygen atoms in total. The first-order chi connectivity index (χ1) is 9.50. The number of thiocarbonyl (C=S) groups is 1. The highest BCUT2D eigenvalue weighted by Crippen LogP contribution is 2.19. The molecule has 0 unspecified atom stereocenters. The Morgan fingerprint density at radius 2 is 2.05 bits per heavy atom. The summed E-state index contributed by atoms with van der Waals surface area (Å²) in [5, 5.41) is 0. The Morgan fingerprint density at radius 3 is 2.80 bits per heavy atom. The molecule has 1 aromatic rings. The molecular weight excluding hydrogens is 312 g/mol. The third-order valence-electron chi connectivity index (χ3n) is 3.20. The fraction of sp³-hybridized carbons (Fsp3) is 0.462. The molecule has 1 aliphatic heterocycles. The zero-order valence-electron chi connectivity index (χ0n) is 11.1. The first-order valence-corrected chi connectivity index (χ1v) is 9.61. The highest BCUT2D eigenvalue weighted by atomic mass is 32.2. The Kier molecular flexibility index (Phi) is 5.42. The van der Waals surface area contributed by atoms with Gasteiger partial charge in [-0.05, 0) is 17.7 Å². The van der Waals surface area contributed by atoms with Crippen molar-refractivity contribution in [2.45, 2.75) is 12.2 Å². The number of sulfonamides is 1. The second-order valence-electron chi connectivity index (χ2n) is 4.64. The van der Waals surface area contributed by atoms with Gasteiger partial charge in [-0.15, -0.1) is 0 Å². The molecule has 1 aliphatic rings. The quantitative estimate of drug-likeness (QED) is 0.850. The summed E-state index contributed by atoms with van der Waals surface area (Å²) in [5.41, 5.74) is 6.98. The zero-order valence-corrected chi connectivity index (χ0v) is 13.6. The van der Waals surface area contributed by atoms with Gasteiger partial charge >= 0.3 is 0 Å². The van der Waals surface area contributed by atoms with Crippen molar-refractivity contribution >= 4 is 39.0 Å². The smallest absolute Gasteiger partial charge is 0.218 e. The molecule has 0 saturated carbocycles. The standard InChI is InChI=1S/C13H18N2O2S3/c14-13(18)12-5-2-1-4-11(12)10-20(16,17)15-6-3-8-19-9-7-15/h1-2,4-5H,3,6-10H2,(H2,14,18). The van der Waals surface area contributed by atoms with E-state index in [0.29, 0.717) is 24.2 Å². The second kappa shape index (κ2) is 6.89. The molecule has 110 valence electrons. The van der Waals surface area contributed by atoms with E-state index in [1.54, 1.807) is 28.2 Å². The first-order valence-electron chi connectivity index (χ1n) is 6.44. The summed E-state index contributed by atoms with van der Waals surface area (Å²) in [6, 6.07) is 7.17. The van der Waals surface area contributed by atoms with Crippen LogP contribution in [0.3, 0.4) is 0 Å². The molecule has 0 atom stereocenters. The van der Waals surface area contributed by atoms with Crippen LogP contribution in [0.4, 0.5) is 0 Å². The number of nitrogens with zero attached hydrogens (tertiary/aromatic N) is 1. The van der Waals surface area contributed by atoms with Crippen LogP contribution in [0, 0.1) is 0 Å². The number of hydrogen-bond acceptors (Lipinski definition) is 4. The molecule has 1 saturated heterocycles. The molecule has 0 aromatic heterocycles. The van der Waals surface area contributed by atoms with E-state index in [-0.39, 0.29) is 10.7 Å². The van der Waals surface area contributed by atoms with E-state index in [0.717, 1.165) is 17.9 Å². The van der Waals surface area contributed by atoms with Crippen molar-refractivity contribution in [1.29, 1.82) is 0 Å². The van der Waals surface area contributed by atoms with E-state index in [2.05, 4.69) is 0 Å². The highest BCUT2D eigenvalue weighted by Gasteiger charge is 2.24. The second-order valence-corrected chi connectivity index (χ2v) is 8.28. The van der Waals surface area contributed by atoms with Crippen LogP contribution in [-0.2, 0) is 15.8 Å². The number of thioether (sulfide) groups is 1. The molecule has 2 rings (SSSR count). The lowest BCUT2D eigenvalue weighted by Crippen LogP contribution is -2.34. The van der Waals surface area contributed by atoms with E-state index in [9.17, 15) is 8.42 Å². The Labute approximate surface area is 129 Å². The highest BCUT2D eigenvalue weighted by molar-refractivity contribution is 7.99. The van der Waals surface area contributed by atoms with Gasteiger partial charge < -0.3 is 5.73 Å². The van der Waals surface area contributed by atoms with Crippen molar-refractivity contribution in [3.63, 3.8) is 0 Å². The lowest BCUT2D eigenvalue weighted by atomic mass is 10.1. The number of rotatable bonds is 4. The topological polar surface area (TPSA) is 63.4 Å². The molecular formula is C13H18N2O2S3. The summed E-state index contributed by atoms with van der Waals surface area (Å²) in [6.45, 7) is 1.19. The maximum absolute atomic E-state index is 12.5. The average Bonchev–Trinajstić information content (AvgIpc) is 2.68. The summed E-state index contributed by atoms with van der Waals surface area (Å²) in [6.07, 6.45) is 0.904. The Balaban J connectivity index is 2.21. The molecule has 0 spiro atoms. The molecule has 0 bridgehead atoms. The summed E-state index contributed by atoms with van der Waals surface area (Å²) < 4.78 is 26.6. The monoisotopic (exact) mass is 330 g/mol. The van der Waals surface area contributed by atoms with Crippen molar-refractivity contribution in [2.75, 3.05) is 24.6 Å². The van der Waals surface area contributed by atoms with Crippen LogP contribution < -0.4 is 5.73 Å². The van der Waals surface area contributed by atoms with E-state index < -0.39 is 10.0 Å². The molecule has 2 N–H and O–H groups in total. The largest absolute Gasteiger partial charge is 0.389 e. The van der Waals surface area contributed by atoms with Gasteiger partial charge in [-0.3, -0.25) is 0 Å². The van der Waals surface area contributed by atoms with Crippen molar-refractivity contribution < 1.29 is 8.42 Å². The first kappa shape index (κ1) is 15.8. The van der Waals surface area contributed by atoms with Gasteiger partial charge in [0.05, 0.1) is 5.75 Å². The SMILES string of the molecule is NC(=S)c1ccccc1CS(=O)(=O)N1CCCSCC1. The van der Waals surface area contributed by atoms with Gasteiger partial charge in [0.2, 0.25) is 10.0 Å². The molecule has 20 heavy (non-hydrogen) atoms. The van der Waals surface area contributed by atoms with Gasteiger partial charge in [-0.25, -0.2) is 12.7 Å². The lowest BCUT2D eigenvalue weighted by Gasteiger charge is -2.20. The van der Waals surface area contributed by atoms with E-state index in [4.69, 9.17) is 18.0 Å². The van der Waals surface area contributed by atoms with E-state index in [1.165, 1.54) is 0 Å². The summed E-state index contributed by atoms with van der Waals surface area (Å²) in [4.78, 5) is 0.238. The van der Waals surface area contributed by atoms with Crippen molar-refractivity contribution in [1.82, 2.24) is 4.31 Å². The maximum atomic E-state index is 12.5. The molecule has 7 heteroatoms. The van der Waals surface area contributed by atoms with Gasteiger partial charge in [0.1, 0.15) is 4.99 Å². The minimum absolute atomic E-state index is 0.0365. The number of benzene rings is 1. The third-order valence-corrected chi connectivity index (χ3v) is 6.29. The maximum Gasteiger partial charge on any atom is 0.218 e. The molecule has 1 heterocycles. The van der Waals surface area contributed by atoms with Gasteiger partial charge in [0.25, 0.3) is 0 Å². The molecule has 0 amide bonds. The fourth-order valence-corrected chi connectivity index (χ4v) is 4.98. The lowest BCUT2D eigenvalue weighted by molar-refractivity contribution is 0.434. The van der Waals surface area contributed by atoms with E-state index >= 15 is 0 Å². The van der Waals surface area contributed by atoms with Crippen LogP contribution >= 0.6 is 24.0 Å². The van der Waals surface area contributed by atoms with Crippen LogP contribution in [0.2, 0.25) is 0 Å². The molecule has 0 radical (unpaired) electrons. The predicted octanol–water partition coefficient (Wildman–Crippen LogP) is 1.59. The summed E-state index contributed by atoms with van der Waals surface area (Å²) in [5.74, 6) is 1.84. The summed E-state index contributed by atoms with van der Waals surface area (Å²) >= 11 is 6.79. The van der Waals surface area contributed by atoms with Crippen LogP contribution in [0.5, 0.6) is 0 Å². The Hall–Kier alpha value is -0.630. The molecule has 0 aliphatic carbocycles. The predicted molar refractivity (Wildman–Crippen MR) is 88.5 cm³/mol. The third kappa shape index (κ3) is 3.94. The number of nitrogens with two attached hydrogens (primary N) is 1. The van der Waals surface area contributed by atoms with Crippen LogP contribution in [0.15, 0.2) is 24.3 Å². The van der Waals surface area contributed by atoms with Gasteiger partial charge in [-0.1, -0.05) is 36.5 Å². The Morgan fingerprint density at radius 1 is 1.30 bits per heavy atom. The molecule has 1 aromatic carbocycles.